The second-order valence-corrected chi connectivity index (χ2v) is 9.46. The zero-order valence-electron chi connectivity index (χ0n) is 16.8. The number of sulfone groups is 1. The van der Waals surface area contributed by atoms with Crippen LogP contribution in [-0.2, 0) is 14.6 Å². The van der Waals surface area contributed by atoms with Crippen molar-refractivity contribution in [3.05, 3.63) is 64.2 Å². The summed E-state index contributed by atoms with van der Waals surface area (Å²) in [5.41, 5.74) is 0.639. The number of nitrogens with zero attached hydrogens (tertiary/aromatic N) is 2. The third-order valence-corrected chi connectivity index (χ3v) is 6.49. The molecule has 1 saturated heterocycles. The van der Waals surface area contributed by atoms with E-state index >= 15 is 0 Å². The van der Waals surface area contributed by atoms with Crippen LogP contribution >= 0.6 is 0 Å². The lowest BCUT2D eigenvalue weighted by molar-refractivity contribution is -0.383. The Hall–Kier alpha value is -3.47. The molecule has 0 aliphatic carbocycles. The fraction of sp³-hybridized carbons (Fsp3) is 0.300. The van der Waals surface area contributed by atoms with Crippen molar-refractivity contribution in [3.63, 3.8) is 0 Å². The minimum atomic E-state index is -3.13. The summed E-state index contributed by atoms with van der Waals surface area (Å²) in [5.74, 6) is -1.26. The third kappa shape index (κ3) is 5.57. The molecule has 0 saturated carbocycles. The highest BCUT2D eigenvalue weighted by molar-refractivity contribution is 7.91. The van der Waals surface area contributed by atoms with Gasteiger partial charge in [-0.05, 0) is 31.2 Å². The Morgan fingerprint density at radius 1 is 1.10 bits per heavy atom. The molecule has 1 fully saturated rings. The van der Waals surface area contributed by atoms with E-state index in [4.69, 9.17) is 0 Å². The number of benzene rings is 2. The van der Waals surface area contributed by atoms with Crippen LogP contribution in [0.3, 0.4) is 0 Å². The number of nitro groups is 1. The van der Waals surface area contributed by atoms with Crippen LogP contribution in [0.15, 0.2) is 48.5 Å². The highest BCUT2D eigenvalue weighted by Crippen LogP contribution is 2.28. The van der Waals surface area contributed by atoms with Crippen molar-refractivity contribution in [2.24, 2.45) is 0 Å². The van der Waals surface area contributed by atoms with Gasteiger partial charge in [-0.3, -0.25) is 19.7 Å². The Morgan fingerprint density at radius 2 is 1.74 bits per heavy atom. The van der Waals surface area contributed by atoms with E-state index in [1.165, 1.54) is 24.0 Å². The van der Waals surface area contributed by atoms with Gasteiger partial charge in [0.15, 0.2) is 9.84 Å². The van der Waals surface area contributed by atoms with Crippen molar-refractivity contribution in [2.75, 3.05) is 29.9 Å². The predicted molar refractivity (Wildman–Crippen MR) is 115 cm³/mol. The molecule has 0 radical (unpaired) electrons. The average Bonchev–Trinajstić information content (AvgIpc) is 2.74. The monoisotopic (exact) mass is 446 g/mol. The molecule has 2 aromatic carbocycles. The second kappa shape index (κ2) is 9.13. The van der Waals surface area contributed by atoms with Crippen LogP contribution in [-0.4, -0.2) is 60.7 Å². The zero-order chi connectivity index (χ0) is 22.6. The van der Waals surface area contributed by atoms with Gasteiger partial charge >= 0.3 is 0 Å². The van der Waals surface area contributed by atoms with Crippen molar-refractivity contribution in [3.8, 4) is 0 Å². The summed E-state index contributed by atoms with van der Waals surface area (Å²) in [6, 6.07) is 12.0. The molecule has 2 amide bonds. The van der Waals surface area contributed by atoms with E-state index in [-0.39, 0.29) is 41.5 Å². The van der Waals surface area contributed by atoms with Crippen molar-refractivity contribution >= 4 is 38.7 Å². The number of nitrogens with one attached hydrogen (secondary N) is 2. The molecule has 0 bridgehead atoms. The van der Waals surface area contributed by atoms with E-state index in [0.29, 0.717) is 5.69 Å². The summed E-state index contributed by atoms with van der Waals surface area (Å²) < 4.78 is 23.0. The lowest BCUT2D eigenvalue weighted by Crippen LogP contribution is -2.51. The quantitative estimate of drug-likeness (QED) is 0.509. The Balaban J connectivity index is 1.70. The Labute approximate surface area is 179 Å². The molecule has 164 valence electrons. The topological polar surface area (TPSA) is 139 Å². The van der Waals surface area contributed by atoms with E-state index in [0.717, 1.165) is 6.07 Å². The predicted octanol–water partition coefficient (Wildman–Crippen LogP) is 1.71. The Bertz CT molecular complexity index is 1090. The minimum absolute atomic E-state index is 0.0335. The first kappa shape index (κ1) is 22.2. The molecule has 2 aromatic rings. The number of anilines is 2. The van der Waals surface area contributed by atoms with Gasteiger partial charge in [-0.1, -0.05) is 18.2 Å². The third-order valence-electron chi connectivity index (χ3n) is 4.88. The fourth-order valence-electron chi connectivity index (χ4n) is 3.16. The number of rotatable bonds is 6. The Morgan fingerprint density at radius 3 is 2.35 bits per heavy atom. The number of hydrogen-bond acceptors (Lipinski definition) is 7. The first-order valence-corrected chi connectivity index (χ1v) is 11.4. The molecular formula is C20H22N4O6S. The highest BCUT2D eigenvalue weighted by atomic mass is 32.2. The summed E-state index contributed by atoms with van der Waals surface area (Å²) in [6.07, 6.45) is 0. The number of nitro benzene ring substituents is 1. The van der Waals surface area contributed by atoms with Crippen LogP contribution < -0.4 is 10.6 Å². The van der Waals surface area contributed by atoms with Crippen molar-refractivity contribution in [1.29, 1.82) is 0 Å². The first-order valence-electron chi connectivity index (χ1n) is 9.57. The van der Waals surface area contributed by atoms with Crippen molar-refractivity contribution < 1.29 is 22.9 Å². The summed E-state index contributed by atoms with van der Waals surface area (Å²) in [6.45, 7) is 1.64. The number of carbonyl (C=O) groups is 2. The standard InChI is InChI=1S/C20H22N4O6S/c1-14(20(26)23-9-11-31(29,30)12-10-23)21-19(25)15-7-8-17(18(13-15)24(27)28)22-16-5-3-2-4-6-16/h2-8,13-14,22H,9-12H2,1H3,(H,21,25). The molecule has 0 spiro atoms. The minimum Gasteiger partial charge on any atom is -0.350 e. The first-order chi connectivity index (χ1) is 14.7. The van der Waals surface area contributed by atoms with Crippen LogP contribution in [0.5, 0.6) is 0 Å². The van der Waals surface area contributed by atoms with Gasteiger partial charge in [0.05, 0.1) is 16.4 Å². The van der Waals surface area contributed by atoms with Crippen LogP contribution in [0.2, 0.25) is 0 Å². The van der Waals surface area contributed by atoms with Gasteiger partial charge in [-0.2, -0.15) is 0 Å². The summed E-state index contributed by atoms with van der Waals surface area (Å²) in [4.78, 5) is 37.4. The molecule has 0 aromatic heterocycles. The van der Waals surface area contributed by atoms with E-state index < -0.39 is 32.6 Å². The molecule has 2 N–H and O–H groups in total. The van der Waals surface area contributed by atoms with Crippen LogP contribution in [0, 0.1) is 10.1 Å². The lowest BCUT2D eigenvalue weighted by atomic mass is 10.1. The molecule has 11 heteroatoms. The van der Waals surface area contributed by atoms with E-state index in [9.17, 15) is 28.1 Å². The summed E-state index contributed by atoms with van der Waals surface area (Å²) >= 11 is 0. The van der Waals surface area contributed by atoms with Crippen molar-refractivity contribution in [1.82, 2.24) is 10.2 Å². The van der Waals surface area contributed by atoms with Gasteiger partial charge in [0.2, 0.25) is 5.91 Å². The van der Waals surface area contributed by atoms with Gasteiger partial charge < -0.3 is 15.5 Å². The van der Waals surface area contributed by atoms with Gasteiger partial charge in [0, 0.05) is 30.4 Å². The zero-order valence-corrected chi connectivity index (χ0v) is 17.6. The van der Waals surface area contributed by atoms with Crippen LogP contribution in [0.4, 0.5) is 17.1 Å². The van der Waals surface area contributed by atoms with Gasteiger partial charge in [0.25, 0.3) is 11.6 Å². The lowest BCUT2D eigenvalue weighted by Gasteiger charge is -2.29. The largest absolute Gasteiger partial charge is 0.350 e. The van der Waals surface area contributed by atoms with E-state index in [1.807, 2.05) is 6.07 Å². The Kier molecular flexibility index (Phi) is 6.54. The van der Waals surface area contributed by atoms with Gasteiger partial charge in [-0.25, -0.2) is 8.42 Å². The summed E-state index contributed by atoms with van der Waals surface area (Å²) in [7, 11) is -3.13. The average molecular weight is 446 g/mol. The van der Waals surface area contributed by atoms with E-state index in [2.05, 4.69) is 10.6 Å². The SMILES string of the molecule is CC(NC(=O)c1ccc(Nc2ccccc2)c([N+](=O)[O-])c1)C(=O)N1CCS(=O)(=O)CC1. The number of para-hydroxylation sites is 1. The van der Waals surface area contributed by atoms with Crippen molar-refractivity contribution in [2.45, 2.75) is 13.0 Å². The molecule has 31 heavy (non-hydrogen) atoms. The normalized spacial score (nSPS) is 16.2. The van der Waals surface area contributed by atoms with E-state index in [1.54, 1.807) is 24.3 Å². The number of carbonyl (C=O) groups excluding carboxylic acids is 2. The van der Waals surface area contributed by atoms with Gasteiger partial charge in [-0.15, -0.1) is 0 Å². The maximum Gasteiger partial charge on any atom is 0.293 e. The molecule has 1 aliphatic rings. The molecule has 1 atom stereocenters. The van der Waals surface area contributed by atoms with Crippen LogP contribution in [0.25, 0.3) is 0 Å². The van der Waals surface area contributed by atoms with Crippen LogP contribution in [0.1, 0.15) is 17.3 Å². The molecule has 1 unspecified atom stereocenters. The fourth-order valence-corrected chi connectivity index (χ4v) is 4.36. The molecular weight excluding hydrogens is 424 g/mol. The maximum atomic E-state index is 12.6. The number of amides is 2. The molecule has 3 rings (SSSR count). The summed E-state index contributed by atoms with van der Waals surface area (Å²) in [5, 5.41) is 17.0. The maximum absolute atomic E-state index is 12.6. The van der Waals surface area contributed by atoms with Gasteiger partial charge in [0.1, 0.15) is 11.7 Å². The molecule has 1 aliphatic heterocycles. The smallest absolute Gasteiger partial charge is 0.293 e. The molecule has 10 nitrogen and oxygen atoms in total. The molecule has 1 heterocycles. The second-order valence-electron chi connectivity index (χ2n) is 7.15. The highest BCUT2D eigenvalue weighted by Gasteiger charge is 2.29. The number of hydrogen-bond donors (Lipinski definition) is 2.